The lowest BCUT2D eigenvalue weighted by atomic mass is 9.77. The van der Waals surface area contributed by atoms with E-state index in [0.717, 1.165) is 12.5 Å². The van der Waals surface area contributed by atoms with Crippen molar-refractivity contribution in [3.63, 3.8) is 0 Å². The maximum atomic E-state index is 3.87. The van der Waals surface area contributed by atoms with Gasteiger partial charge in [0.1, 0.15) is 0 Å². The van der Waals surface area contributed by atoms with E-state index in [2.05, 4.69) is 43.1 Å². The first-order valence-electron chi connectivity index (χ1n) is 8.31. The van der Waals surface area contributed by atoms with Crippen molar-refractivity contribution in [1.29, 1.82) is 0 Å². The fraction of sp³-hybridized carbons (Fsp3) is 0.882. The van der Waals surface area contributed by atoms with Crippen LogP contribution in [0.4, 0.5) is 0 Å². The van der Waals surface area contributed by atoms with Crippen LogP contribution in [0, 0.1) is 5.92 Å². The van der Waals surface area contributed by atoms with Gasteiger partial charge in [-0.25, -0.2) is 0 Å². The van der Waals surface area contributed by atoms with Crippen molar-refractivity contribution in [1.82, 2.24) is 10.2 Å². The molecule has 2 nitrogen and oxygen atoms in total. The largest absolute Gasteiger partial charge is 0.311 e. The summed E-state index contributed by atoms with van der Waals surface area (Å²) >= 11 is 0. The van der Waals surface area contributed by atoms with E-state index in [0.29, 0.717) is 11.6 Å². The van der Waals surface area contributed by atoms with E-state index in [-0.39, 0.29) is 0 Å². The van der Waals surface area contributed by atoms with Gasteiger partial charge < -0.3 is 5.32 Å². The molecule has 1 saturated carbocycles. The molecule has 0 aromatic rings. The topological polar surface area (TPSA) is 15.3 Å². The van der Waals surface area contributed by atoms with Gasteiger partial charge in [-0.2, -0.15) is 0 Å². The molecule has 0 aromatic heterocycles. The number of hydrogen-bond acceptors (Lipinski definition) is 2. The summed E-state index contributed by atoms with van der Waals surface area (Å²) in [4.78, 5) is 2.79. The zero-order chi connectivity index (χ0) is 13.7. The molecule has 1 aliphatic heterocycles. The minimum atomic E-state index is 0.460. The van der Waals surface area contributed by atoms with Gasteiger partial charge in [0.2, 0.25) is 0 Å². The number of nitrogens with one attached hydrogen (secondary N) is 1. The molecule has 1 heterocycles. The van der Waals surface area contributed by atoms with Crippen LogP contribution in [0.5, 0.6) is 0 Å². The highest BCUT2D eigenvalue weighted by molar-refractivity contribution is 5.03. The van der Waals surface area contributed by atoms with Crippen molar-refractivity contribution in [3.8, 4) is 0 Å². The Morgan fingerprint density at radius 3 is 2.68 bits per heavy atom. The quantitative estimate of drug-likeness (QED) is 0.781. The summed E-state index contributed by atoms with van der Waals surface area (Å²) < 4.78 is 0. The third-order valence-corrected chi connectivity index (χ3v) is 5.46. The van der Waals surface area contributed by atoms with Gasteiger partial charge >= 0.3 is 0 Å². The molecule has 1 N–H and O–H groups in total. The highest BCUT2D eigenvalue weighted by atomic mass is 15.3. The maximum absolute atomic E-state index is 3.87. The van der Waals surface area contributed by atoms with Crippen molar-refractivity contribution < 1.29 is 0 Å². The Kier molecular flexibility index (Phi) is 5.47. The van der Waals surface area contributed by atoms with Crippen LogP contribution in [-0.4, -0.2) is 36.1 Å². The molecule has 0 aromatic carbocycles. The van der Waals surface area contributed by atoms with E-state index in [9.17, 15) is 0 Å². The van der Waals surface area contributed by atoms with Crippen molar-refractivity contribution >= 4 is 0 Å². The molecule has 2 unspecified atom stereocenters. The lowest BCUT2D eigenvalue weighted by molar-refractivity contribution is 0.00938. The van der Waals surface area contributed by atoms with Crippen LogP contribution in [0.1, 0.15) is 59.3 Å². The zero-order valence-corrected chi connectivity index (χ0v) is 13.1. The van der Waals surface area contributed by atoms with Gasteiger partial charge in [0.05, 0.1) is 0 Å². The average molecular weight is 264 g/mol. The van der Waals surface area contributed by atoms with E-state index in [1.54, 1.807) is 0 Å². The standard InChI is InChI=1S/C17H32N2/c1-4-6-12-19-13-16(15(3)5-2)18-14-17(19)10-8-7-9-11-17/h4,6,15-16,18H,5,7-14H2,1-3H3/b6-4+. The van der Waals surface area contributed by atoms with Gasteiger partial charge in [-0.15, -0.1) is 0 Å². The molecule has 2 rings (SSSR count). The number of hydrogen-bond donors (Lipinski definition) is 1. The fourth-order valence-electron chi connectivity index (χ4n) is 3.80. The second kappa shape index (κ2) is 6.90. The molecule has 19 heavy (non-hydrogen) atoms. The predicted molar refractivity (Wildman–Crippen MR) is 83.4 cm³/mol. The molecule has 2 heteroatoms. The van der Waals surface area contributed by atoms with Crippen LogP contribution >= 0.6 is 0 Å². The van der Waals surface area contributed by atoms with Crippen molar-refractivity contribution in [2.24, 2.45) is 5.92 Å². The van der Waals surface area contributed by atoms with E-state index in [4.69, 9.17) is 0 Å². The molecule has 2 atom stereocenters. The minimum absolute atomic E-state index is 0.460. The second-order valence-electron chi connectivity index (χ2n) is 6.63. The first kappa shape index (κ1) is 15.1. The van der Waals surface area contributed by atoms with Gasteiger partial charge in [0.15, 0.2) is 0 Å². The molecular weight excluding hydrogens is 232 g/mol. The van der Waals surface area contributed by atoms with E-state index in [1.165, 1.54) is 51.6 Å². The Bertz CT molecular complexity index is 292. The van der Waals surface area contributed by atoms with Gasteiger partial charge in [-0.1, -0.05) is 51.7 Å². The number of piperazine rings is 1. The van der Waals surface area contributed by atoms with Crippen LogP contribution < -0.4 is 5.32 Å². The maximum Gasteiger partial charge on any atom is 0.0338 e. The van der Waals surface area contributed by atoms with Crippen molar-refractivity contribution in [2.45, 2.75) is 70.9 Å². The highest BCUT2D eigenvalue weighted by Crippen LogP contribution is 2.36. The smallest absolute Gasteiger partial charge is 0.0338 e. The molecule has 0 radical (unpaired) electrons. The summed E-state index contributed by atoms with van der Waals surface area (Å²) in [5, 5.41) is 3.87. The molecule has 2 aliphatic rings. The first-order chi connectivity index (χ1) is 9.22. The third kappa shape index (κ3) is 3.41. The average Bonchev–Trinajstić information content (AvgIpc) is 2.46. The summed E-state index contributed by atoms with van der Waals surface area (Å²) in [6.07, 6.45) is 12.9. The van der Waals surface area contributed by atoms with Gasteiger partial charge in [-0.3, -0.25) is 4.90 Å². The minimum Gasteiger partial charge on any atom is -0.311 e. The van der Waals surface area contributed by atoms with Crippen LogP contribution in [-0.2, 0) is 0 Å². The first-order valence-corrected chi connectivity index (χ1v) is 8.31. The molecule has 1 aliphatic carbocycles. The Morgan fingerprint density at radius 2 is 2.05 bits per heavy atom. The Morgan fingerprint density at radius 1 is 1.32 bits per heavy atom. The molecule has 0 amide bonds. The van der Waals surface area contributed by atoms with E-state index in [1.807, 2.05) is 0 Å². The monoisotopic (exact) mass is 264 g/mol. The number of allylic oxidation sites excluding steroid dienone is 1. The lowest BCUT2D eigenvalue weighted by Crippen LogP contribution is -2.66. The van der Waals surface area contributed by atoms with Crippen LogP contribution in [0.2, 0.25) is 0 Å². The van der Waals surface area contributed by atoms with Gasteiger partial charge in [0, 0.05) is 31.2 Å². The summed E-state index contributed by atoms with van der Waals surface area (Å²) in [7, 11) is 0. The van der Waals surface area contributed by atoms with Gasteiger partial charge in [-0.05, 0) is 25.7 Å². The predicted octanol–water partition coefficient (Wildman–Crippen LogP) is 3.59. The van der Waals surface area contributed by atoms with E-state index < -0.39 is 0 Å². The molecule has 1 saturated heterocycles. The summed E-state index contributed by atoms with van der Waals surface area (Å²) in [5.41, 5.74) is 0.460. The second-order valence-corrected chi connectivity index (χ2v) is 6.63. The lowest BCUT2D eigenvalue weighted by Gasteiger charge is -2.53. The van der Waals surface area contributed by atoms with Crippen LogP contribution in [0.25, 0.3) is 0 Å². The van der Waals surface area contributed by atoms with Crippen LogP contribution in [0.15, 0.2) is 12.2 Å². The van der Waals surface area contributed by atoms with Crippen molar-refractivity contribution in [2.75, 3.05) is 19.6 Å². The molecule has 2 fully saturated rings. The van der Waals surface area contributed by atoms with E-state index >= 15 is 0 Å². The van der Waals surface area contributed by atoms with Gasteiger partial charge in [0.25, 0.3) is 0 Å². The Labute approximate surface area is 119 Å². The summed E-state index contributed by atoms with van der Waals surface area (Å²) in [6.45, 7) is 10.4. The normalized spacial score (nSPS) is 29.9. The van der Waals surface area contributed by atoms with Crippen molar-refractivity contribution in [3.05, 3.63) is 12.2 Å². The molecule has 0 bridgehead atoms. The summed E-state index contributed by atoms with van der Waals surface area (Å²) in [5.74, 6) is 0.786. The Balaban J connectivity index is 2.07. The third-order valence-electron chi connectivity index (χ3n) is 5.46. The molecule has 110 valence electrons. The molecule has 1 spiro atoms. The number of rotatable bonds is 4. The highest BCUT2D eigenvalue weighted by Gasteiger charge is 2.42. The fourth-order valence-corrected chi connectivity index (χ4v) is 3.80. The molecular formula is C17H32N2. The van der Waals surface area contributed by atoms with Crippen LogP contribution in [0.3, 0.4) is 0 Å². The zero-order valence-electron chi connectivity index (χ0n) is 13.1. The number of nitrogens with zero attached hydrogens (tertiary/aromatic N) is 1. The SMILES string of the molecule is C/C=C/CN1CC(C(C)CC)NCC12CCCCC2. The summed E-state index contributed by atoms with van der Waals surface area (Å²) in [6, 6.07) is 0.683. The Hall–Kier alpha value is -0.340.